The summed E-state index contributed by atoms with van der Waals surface area (Å²) >= 11 is 0. The van der Waals surface area contributed by atoms with Crippen LogP contribution in [-0.4, -0.2) is 36.0 Å². The smallest absolute Gasteiger partial charge is 0.222 e. The summed E-state index contributed by atoms with van der Waals surface area (Å²) in [6.45, 7) is 3.74. The van der Waals surface area contributed by atoms with Crippen LogP contribution in [0.15, 0.2) is 60.7 Å². The van der Waals surface area contributed by atoms with Crippen molar-refractivity contribution in [2.45, 2.75) is 45.4 Å². The second-order valence-electron chi connectivity index (χ2n) is 8.41. The summed E-state index contributed by atoms with van der Waals surface area (Å²) in [5, 5.41) is 0. The van der Waals surface area contributed by atoms with Crippen molar-refractivity contribution < 1.29 is 9.53 Å². The van der Waals surface area contributed by atoms with E-state index in [1.54, 1.807) is 7.11 Å². The van der Waals surface area contributed by atoms with Gasteiger partial charge in [-0.15, -0.1) is 0 Å². The molecule has 0 atom stereocenters. The van der Waals surface area contributed by atoms with E-state index in [4.69, 9.17) is 9.72 Å². The Balaban J connectivity index is 1.65. The molecule has 4 heteroatoms. The fourth-order valence-electron chi connectivity index (χ4n) is 4.31. The maximum absolute atomic E-state index is 12.5. The lowest BCUT2D eigenvalue weighted by Crippen LogP contribution is -2.32. The van der Waals surface area contributed by atoms with Crippen molar-refractivity contribution in [2.75, 3.05) is 20.2 Å². The first-order valence-corrected chi connectivity index (χ1v) is 11.7. The number of nitrogens with zero attached hydrogens (tertiary/aromatic N) is 2. The number of amides is 1. The van der Waals surface area contributed by atoms with Crippen molar-refractivity contribution in [2.24, 2.45) is 0 Å². The van der Waals surface area contributed by atoms with E-state index in [1.165, 1.54) is 5.56 Å². The van der Waals surface area contributed by atoms with E-state index in [-0.39, 0.29) is 5.91 Å². The average molecular weight is 429 g/mol. The molecule has 3 aromatic rings. The van der Waals surface area contributed by atoms with Gasteiger partial charge in [0.2, 0.25) is 5.91 Å². The first-order chi connectivity index (χ1) is 15.7. The Morgan fingerprint density at radius 1 is 0.906 bits per heavy atom. The molecule has 0 unspecified atom stereocenters. The standard InChI is InChI=1S/C28H32N2O2/c1-3-21-8-10-23(11-9-21)26-17-16-25(22-12-14-24(32-2)15-13-22)27(29-26)18-20-30-19-6-4-5-7-28(30)31/h8-17H,3-7,18-20H2,1-2H3. The molecule has 4 nitrogen and oxygen atoms in total. The average Bonchev–Trinajstić information content (AvgIpc) is 3.06. The molecule has 0 N–H and O–H groups in total. The van der Waals surface area contributed by atoms with Crippen molar-refractivity contribution in [3.8, 4) is 28.1 Å². The third kappa shape index (κ3) is 5.18. The Bertz CT molecular complexity index is 1040. The molecule has 32 heavy (non-hydrogen) atoms. The Labute approximate surface area is 191 Å². The van der Waals surface area contributed by atoms with E-state index in [0.29, 0.717) is 13.0 Å². The number of methoxy groups -OCH3 is 1. The first-order valence-electron chi connectivity index (χ1n) is 11.7. The van der Waals surface area contributed by atoms with Gasteiger partial charge in [0.15, 0.2) is 0 Å². The molecule has 166 valence electrons. The molecule has 0 saturated carbocycles. The maximum Gasteiger partial charge on any atom is 0.222 e. The number of ether oxygens (including phenoxy) is 1. The van der Waals surface area contributed by atoms with Crippen LogP contribution in [0.3, 0.4) is 0 Å². The molecule has 1 amide bonds. The van der Waals surface area contributed by atoms with Gasteiger partial charge in [0.25, 0.3) is 0 Å². The van der Waals surface area contributed by atoms with E-state index < -0.39 is 0 Å². The molecular formula is C28H32N2O2. The van der Waals surface area contributed by atoms with Gasteiger partial charge in [0, 0.05) is 37.1 Å². The SMILES string of the molecule is CCc1ccc(-c2ccc(-c3ccc(OC)cc3)c(CCN3CCCCCC3=O)n2)cc1. The Morgan fingerprint density at radius 3 is 2.38 bits per heavy atom. The number of carbonyl (C=O) groups excluding carboxylic acids is 1. The molecular weight excluding hydrogens is 396 g/mol. The van der Waals surface area contributed by atoms with Gasteiger partial charge in [0.05, 0.1) is 18.5 Å². The monoisotopic (exact) mass is 428 g/mol. The van der Waals surface area contributed by atoms with Crippen LogP contribution in [0, 0.1) is 0 Å². The van der Waals surface area contributed by atoms with Crippen LogP contribution in [0.4, 0.5) is 0 Å². The van der Waals surface area contributed by atoms with Gasteiger partial charge in [-0.05, 0) is 48.6 Å². The summed E-state index contributed by atoms with van der Waals surface area (Å²) in [5.41, 5.74) is 6.68. The molecule has 0 aliphatic carbocycles. The lowest BCUT2D eigenvalue weighted by Gasteiger charge is -2.21. The fourth-order valence-corrected chi connectivity index (χ4v) is 4.31. The predicted octanol–water partition coefficient (Wildman–Crippen LogP) is 5.93. The van der Waals surface area contributed by atoms with Gasteiger partial charge >= 0.3 is 0 Å². The minimum Gasteiger partial charge on any atom is -0.497 e. The van der Waals surface area contributed by atoms with Crippen LogP contribution >= 0.6 is 0 Å². The minimum atomic E-state index is 0.278. The van der Waals surface area contributed by atoms with E-state index in [2.05, 4.69) is 55.5 Å². The zero-order chi connectivity index (χ0) is 22.3. The summed E-state index contributed by atoms with van der Waals surface area (Å²) < 4.78 is 5.32. The van der Waals surface area contributed by atoms with E-state index >= 15 is 0 Å². The molecule has 4 rings (SSSR count). The van der Waals surface area contributed by atoms with Gasteiger partial charge in [-0.3, -0.25) is 9.78 Å². The second-order valence-corrected chi connectivity index (χ2v) is 8.41. The van der Waals surface area contributed by atoms with Gasteiger partial charge in [-0.2, -0.15) is 0 Å². The fraction of sp³-hybridized carbons (Fsp3) is 0.357. The quantitative estimate of drug-likeness (QED) is 0.468. The number of likely N-dealkylation sites (tertiary alicyclic amines) is 1. The molecule has 1 saturated heterocycles. The molecule has 0 spiro atoms. The topological polar surface area (TPSA) is 42.4 Å². The molecule has 0 radical (unpaired) electrons. The zero-order valence-electron chi connectivity index (χ0n) is 19.1. The molecule has 2 aromatic carbocycles. The highest BCUT2D eigenvalue weighted by atomic mass is 16.5. The normalized spacial score (nSPS) is 14.3. The summed E-state index contributed by atoms with van der Waals surface area (Å²) in [6.07, 6.45) is 5.68. The van der Waals surface area contributed by atoms with E-state index in [9.17, 15) is 4.79 Å². The van der Waals surface area contributed by atoms with E-state index in [1.807, 2.05) is 17.0 Å². The largest absolute Gasteiger partial charge is 0.497 e. The molecule has 1 fully saturated rings. The van der Waals surface area contributed by atoms with E-state index in [0.717, 1.165) is 72.5 Å². The van der Waals surface area contributed by atoms with Crippen LogP contribution in [-0.2, 0) is 17.6 Å². The van der Waals surface area contributed by atoms with Gasteiger partial charge < -0.3 is 9.64 Å². The second kappa shape index (κ2) is 10.4. The summed E-state index contributed by atoms with van der Waals surface area (Å²) in [5.74, 6) is 1.12. The highest BCUT2D eigenvalue weighted by Crippen LogP contribution is 2.29. The number of hydrogen-bond acceptors (Lipinski definition) is 3. The van der Waals surface area contributed by atoms with Crippen molar-refractivity contribution >= 4 is 5.91 Å². The number of aryl methyl sites for hydroxylation is 1. The third-order valence-corrected chi connectivity index (χ3v) is 6.32. The maximum atomic E-state index is 12.5. The number of pyridine rings is 1. The minimum absolute atomic E-state index is 0.278. The molecule has 1 aliphatic heterocycles. The number of aromatic nitrogens is 1. The third-order valence-electron chi connectivity index (χ3n) is 6.32. The van der Waals surface area contributed by atoms with Crippen LogP contribution in [0.25, 0.3) is 22.4 Å². The highest BCUT2D eigenvalue weighted by Gasteiger charge is 2.18. The number of rotatable bonds is 7. The molecule has 2 heterocycles. The molecule has 1 aromatic heterocycles. The highest BCUT2D eigenvalue weighted by molar-refractivity contribution is 5.76. The van der Waals surface area contributed by atoms with Gasteiger partial charge in [-0.25, -0.2) is 0 Å². The molecule has 1 aliphatic rings. The number of hydrogen-bond donors (Lipinski definition) is 0. The summed E-state index contributed by atoms with van der Waals surface area (Å²) in [7, 11) is 1.68. The lowest BCUT2D eigenvalue weighted by atomic mass is 9.99. The van der Waals surface area contributed by atoms with Crippen LogP contribution < -0.4 is 4.74 Å². The summed E-state index contributed by atoms with van der Waals surface area (Å²) in [6, 6.07) is 21.0. The van der Waals surface area contributed by atoms with Gasteiger partial charge in [-0.1, -0.05) is 55.8 Å². The van der Waals surface area contributed by atoms with Crippen LogP contribution in [0.2, 0.25) is 0 Å². The van der Waals surface area contributed by atoms with Crippen molar-refractivity contribution in [3.05, 3.63) is 71.9 Å². The lowest BCUT2D eigenvalue weighted by molar-refractivity contribution is -0.130. The Morgan fingerprint density at radius 2 is 1.66 bits per heavy atom. The number of carbonyl (C=O) groups is 1. The zero-order valence-corrected chi connectivity index (χ0v) is 19.1. The van der Waals surface area contributed by atoms with Crippen LogP contribution in [0.5, 0.6) is 5.75 Å². The van der Waals surface area contributed by atoms with Gasteiger partial charge in [0.1, 0.15) is 5.75 Å². The Hall–Kier alpha value is -3.14. The van der Waals surface area contributed by atoms with Crippen LogP contribution in [0.1, 0.15) is 43.9 Å². The van der Waals surface area contributed by atoms with Crippen molar-refractivity contribution in [1.29, 1.82) is 0 Å². The summed E-state index contributed by atoms with van der Waals surface area (Å²) in [4.78, 5) is 19.6. The van der Waals surface area contributed by atoms with Crippen molar-refractivity contribution in [1.82, 2.24) is 9.88 Å². The first kappa shape index (κ1) is 22.1. The Kier molecular flexibility index (Phi) is 7.21. The predicted molar refractivity (Wildman–Crippen MR) is 130 cm³/mol. The number of benzene rings is 2. The molecule has 0 bridgehead atoms. The van der Waals surface area contributed by atoms with Crippen molar-refractivity contribution in [3.63, 3.8) is 0 Å².